The molecule has 0 aliphatic heterocycles. The molecular formula is C16H18ClNO. The Kier molecular flexibility index (Phi) is 4.83. The third kappa shape index (κ3) is 3.72. The van der Waals surface area contributed by atoms with Gasteiger partial charge in [-0.05, 0) is 48.4 Å². The Bertz CT molecular complexity index is 542. The Morgan fingerprint density at radius 2 is 1.95 bits per heavy atom. The van der Waals surface area contributed by atoms with Gasteiger partial charge in [0.2, 0.25) is 0 Å². The SMILES string of the molecule is COc1cccc(C(CN)Cc2cccc(Cl)c2)c1. The largest absolute Gasteiger partial charge is 0.497 e. The predicted molar refractivity (Wildman–Crippen MR) is 79.9 cm³/mol. The summed E-state index contributed by atoms with van der Waals surface area (Å²) in [5.74, 6) is 1.13. The van der Waals surface area contributed by atoms with Gasteiger partial charge < -0.3 is 10.5 Å². The lowest BCUT2D eigenvalue weighted by molar-refractivity contribution is 0.413. The van der Waals surface area contributed by atoms with E-state index in [0.717, 1.165) is 17.2 Å². The van der Waals surface area contributed by atoms with Crippen LogP contribution in [-0.4, -0.2) is 13.7 Å². The average Bonchev–Trinajstić information content (AvgIpc) is 2.45. The minimum Gasteiger partial charge on any atom is -0.497 e. The Morgan fingerprint density at radius 1 is 1.16 bits per heavy atom. The van der Waals surface area contributed by atoms with Crippen LogP contribution < -0.4 is 10.5 Å². The molecule has 0 aromatic heterocycles. The zero-order valence-electron chi connectivity index (χ0n) is 11.0. The van der Waals surface area contributed by atoms with Crippen molar-refractivity contribution in [1.29, 1.82) is 0 Å². The number of hydrogen-bond acceptors (Lipinski definition) is 2. The number of methoxy groups -OCH3 is 1. The van der Waals surface area contributed by atoms with Gasteiger partial charge in [-0.1, -0.05) is 35.9 Å². The van der Waals surface area contributed by atoms with Crippen LogP contribution in [-0.2, 0) is 6.42 Å². The molecule has 1 atom stereocenters. The Morgan fingerprint density at radius 3 is 2.63 bits per heavy atom. The van der Waals surface area contributed by atoms with E-state index < -0.39 is 0 Å². The molecule has 2 nitrogen and oxygen atoms in total. The van der Waals surface area contributed by atoms with E-state index in [1.165, 1.54) is 11.1 Å². The topological polar surface area (TPSA) is 35.2 Å². The van der Waals surface area contributed by atoms with E-state index >= 15 is 0 Å². The molecule has 2 N–H and O–H groups in total. The number of benzene rings is 2. The molecule has 0 aliphatic carbocycles. The predicted octanol–water partition coefficient (Wildman–Crippen LogP) is 3.63. The zero-order valence-corrected chi connectivity index (χ0v) is 11.7. The fraction of sp³-hybridized carbons (Fsp3) is 0.250. The highest BCUT2D eigenvalue weighted by Gasteiger charge is 2.11. The molecule has 0 saturated carbocycles. The van der Waals surface area contributed by atoms with E-state index in [1.807, 2.05) is 36.4 Å². The van der Waals surface area contributed by atoms with Gasteiger partial charge in [-0.3, -0.25) is 0 Å². The standard InChI is InChI=1S/C16H18ClNO/c1-19-16-7-3-5-13(10-16)14(11-18)8-12-4-2-6-15(17)9-12/h2-7,9-10,14H,8,11,18H2,1H3. The fourth-order valence-corrected chi connectivity index (χ4v) is 2.39. The summed E-state index contributed by atoms with van der Waals surface area (Å²) in [6.07, 6.45) is 0.879. The van der Waals surface area contributed by atoms with Gasteiger partial charge in [0.25, 0.3) is 0 Å². The maximum absolute atomic E-state index is 6.01. The molecule has 100 valence electrons. The van der Waals surface area contributed by atoms with Gasteiger partial charge in [-0.25, -0.2) is 0 Å². The Labute approximate surface area is 119 Å². The molecular weight excluding hydrogens is 258 g/mol. The lowest BCUT2D eigenvalue weighted by atomic mass is 9.92. The fourth-order valence-electron chi connectivity index (χ4n) is 2.18. The van der Waals surface area contributed by atoms with Crippen molar-refractivity contribution in [2.24, 2.45) is 5.73 Å². The minimum atomic E-state index is 0.272. The van der Waals surface area contributed by atoms with E-state index in [9.17, 15) is 0 Å². The molecule has 0 saturated heterocycles. The van der Waals surface area contributed by atoms with Gasteiger partial charge >= 0.3 is 0 Å². The van der Waals surface area contributed by atoms with Gasteiger partial charge in [0, 0.05) is 10.9 Å². The number of rotatable bonds is 5. The van der Waals surface area contributed by atoms with Gasteiger partial charge in [0.1, 0.15) is 5.75 Å². The van der Waals surface area contributed by atoms with Gasteiger partial charge in [-0.15, -0.1) is 0 Å². The summed E-state index contributed by atoms with van der Waals surface area (Å²) in [6.45, 7) is 0.597. The number of nitrogens with two attached hydrogens (primary N) is 1. The molecule has 0 heterocycles. The van der Waals surface area contributed by atoms with Crippen LogP contribution in [0.4, 0.5) is 0 Å². The quantitative estimate of drug-likeness (QED) is 0.904. The highest BCUT2D eigenvalue weighted by atomic mass is 35.5. The van der Waals surface area contributed by atoms with Crippen molar-refractivity contribution in [2.45, 2.75) is 12.3 Å². The van der Waals surface area contributed by atoms with Crippen molar-refractivity contribution in [3.05, 3.63) is 64.7 Å². The monoisotopic (exact) mass is 275 g/mol. The second-order valence-electron chi connectivity index (χ2n) is 4.54. The first kappa shape index (κ1) is 13.9. The van der Waals surface area contributed by atoms with Crippen molar-refractivity contribution in [2.75, 3.05) is 13.7 Å². The normalized spacial score (nSPS) is 12.2. The van der Waals surface area contributed by atoms with Crippen molar-refractivity contribution in [1.82, 2.24) is 0 Å². The second kappa shape index (κ2) is 6.60. The molecule has 0 bridgehead atoms. The third-order valence-electron chi connectivity index (χ3n) is 3.22. The molecule has 19 heavy (non-hydrogen) atoms. The van der Waals surface area contributed by atoms with E-state index in [4.69, 9.17) is 22.1 Å². The number of halogens is 1. The van der Waals surface area contributed by atoms with E-state index in [1.54, 1.807) is 7.11 Å². The molecule has 2 aromatic rings. The Balaban J connectivity index is 2.19. The van der Waals surface area contributed by atoms with Crippen LogP contribution >= 0.6 is 11.6 Å². The maximum Gasteiger partial charge on any atom is 0.119 e. The van der Waals surface area contributed by atoms with Crippen LogP contribution in [0, 0.1) is 0 Å². The van der Waals surface area contributed by atoms with Gasteiger partial charge in [0.15, 0.2) is 0 Å². The lowest BCUT2D eigenvalue weighted by Crippen LogP contribution is -2.15. The van der Waals surface area contributed by atoms with Crippen molar-refractivity contribution >= 4 is 11.6 Å². The summed E-state index contributed by atoms with van der Waals surface area (Å²) in [5.41, 5.74) is 8.30. The van der Waals surface area contributed by atoms with E-state index in [2.05, 4.69) is 12.1 Å². The summed E-state index contributed by atoms with van der Waals surface area (Å²) in [4.78, 5) is 0. The van der Waals surface area contributed by atoms with E-state index in [-0.39, 0.29) is 5.92 Å². The zero-order chi connectivity index (χ0) is 13.7. The molecule has 2 aromatic carbocycles. The van der Waals surface area contributed by atoms with Crippen LogP contribution in [0.15, 0.2) is 48.5 Å². The highest BCUT2D eigenvalue weighted by molar-refractivity contribution is 6.30. The molecule has 2 rings (SSSR count). The highest BCUT2D eigenvalue weighted by Crippen LogP contribution is 2.24. The van der Waals surface area contributed by atoms with Crippen molar-refractivity contribution in [3.63, 3.8) is 0 Å². The molecule has 0 amide bonds. The maximum atomic E-state index is 6.01. The lowest BCUT2D eigenvalue weighted by Gasteiger charge is -2.16. The van der Waals surface area contributed by atoms with E-state index in [0.29, 0.717) is 6.54 Å². The minimum absolute atomic E-state index is 0.272. The second-order valence-corrected chi connectivity index (χ2v) is 4.98. The van der Waals surface area contributed by atoms with Gasteiger partial charge in [0.05, 0.1) is 7.11 Å². The van der Waals surface area contributed by atoms with Crippen LogP contribution in [0.3, 0.4) is 0 Å². The number of ether oxygens (including phenoxy) is 1. The van der Waals surface area contributed by atoms with Gasteiger partial charge in [-0.2, -0.15) is 0 Å². The first-order valence-corrected chi connectivity index (χ1v) is 6.69. The molecule has 0 spiro atoms. The first-order valence-electron chi connectivity index (χ1n) is 6.31. The third-order valence-corrected chi connectivity index (χ3v) is 3.46. The summed E-state index contributed by atoms with van der Waals surface area (Å²) >= 11 is 6.01. The smallest absolute Gasteiger partial charge is 0.119 e. The molecule has 0 fully saturated rings. The summed E-state index contributed by atoms with van der Waals surface area (Å²) < 4.78 is 5.26. The van der Waals surface area contributed by atoms with Crippen LogP contribution in [0.5, 0.6) is 5.75 Å². The average molecular weight is 276 g/mol. The molecule has 1 unspecified atom stereocenters. The summed E-state index contributed by atoms with van der Waals surface area (Å²) in [6, 6.07) is 16.0. The molecule has 0 radical (unpaired) electrons. The van der Waals surface area contributed by atoms with Crippen LogP contribution in [0.25, 0.3) is 0 Å². The summed E-state index contributed by atoms with van der Waals surface area (Å²) in [7, 11) is 1.67. The first-order chi connectivity index (χ1) is 9.22. The number of hydrogen-bond donors (Lipinski definition) is 1. The molecule has 0 aliphatic rings. The molecule has 3 heteroatoms. The van der Waals surface area contributed by atoms with Crippen LogP contribution in [0.1, 0.15) is 17.0 Å². The Hall–Kier alpha value is -1.51. The van der Waals surface area contributed by atoms with Crippen LogP contribution in [0.2, 0.25) is 5.02 Å². The summed E-state index contributed by atoms with van der Waals surface area (Å²) in [5, 5.41) is 0.763. The van der Waals surface area contributed by atoms with Crippen molar-refractivity contribution in [3.8, 4) is 5.75 Å². The van der Waals surface area contributed by atoms with Crippen molar-refractivity contribution < 1.29 is 4.74 Å².